The quantitative estimate of drug-likeness (QED) is 0.862. The maximum atomic E-state index is 10.6. The van der Waals surface area contributed by atoms with Gasteiger partial charge in [0.1, 0.15) is 12.4 Å². The van der Waals surface area contributed by atoms with E-state index in [2.05, 4.69) is 4.99 Å². The van der Waals surface area contributed by atoms with E-state index in [1.165, 1.54) is 12.3 Å². The minimum absolute atomic E-state index is 0.0145. The lowest BCUT2D eigenvalue weighted by Crippen LogP contribution is -2.28. The topological polar surface area (TPSA) is 62.1 Å². The Morgan fingerprint density at radius 1 is 1.44 bits per heavy atom. The summed E-state index contributed by atoms with van der Waals surface area (Å²) in [6, 6.07) is 4.81. The van der Waals surface area contributed by atoms with Crippen LogP contribution in [0.4, 0.5) is 4.79 Å². The predicted molar refractivity (Wildman–Crippen MR) is 68.4 cm³/mol. The molecule has 1 N–H and O–H groups in total. The smallest absolute Gasteiger partial charge is 0.412 e. The fourth-order valence-electron chi connectivity index (χ4n) is 1.26. The largest absolute Gasteiger partial charge is 0.465 e. The van der Waals surface area contributed by atoms with Crippen LogP contribution in [0.2, 0.25) is 10.0 Å². The summed E-state index contributed by atoms with van der Waals surface area (Å²) in [5.41, 5.74) is 0. The molecule has 1 aliphatic rings. The SMILES string of the molecule is O=C(O)N1C=CC(Oc2cc(Cl)ccc2Cl)=NC1. The van der Waals surface area contributed by atoms with E-state index in [1.54, 1.807) is 18.2 Å². The van der Waals surface area contributed by atoms with Crippen molar-refractivity contribution in [2.45, 2.75) is 0 Å². The number of benzene rings is 1. The van der Waals surface area contributed by atoms with E-state index in [9.17, 15) is 4.79 Å². The zero-order valence-electron chi connectivity index (χ0n) is 9.01. The van der Waals surface area contributed by atoms with Crippen LogP contribution in [0, 0.1) is 0 Å². The Kier molecular flexibility index (Phi) is 3.74. The van der Waals surface area contributed by atoms with Gasteiger partial charge in [0.2, 0.25) is 5.90 Å². The molecule has 1 aromatic carbocycles. The molecule has 0 radical (unpaired) electrons. The number of hydrogen-bond acceptors (Lipinski definition) is 3. The second-order valence-corrected chi connectivity index (χ2v) is 4.23. The van der Waals surface area contributed by atoms with E-state index < -0.39 is 6.09 Å². The molecule has 2 rings (SSSR count). The van der Waals surface area contributed by atoms with Gasteiger partial charge in [-0.3, -0.25) is 4.90 Å². The van der Waals surface area contributed by atoms with Crippen molar-refractivity contribution >= 4 is 35.2 Å². The minimum Gasteiger partial charge on any atom is -0.465 e. The van der Waals surface area contributed by atoms with Crippen LogP contribution in [0.15, 0.2) is 35.5 Å². The fraction of sp³-hybridized carbons (Fsp3) is 0.0909. The van der Waals surface area contributed by atoms with Gasteiger partial charge in [0, 0.05) is 23.4 Å². The standard InChI is InChI=1S/C11H8Cl2N2O3/c12-7-1-2-8(13)9(5-7)18-10-3-4-15(6-14-10)11(16)17/h1-5H,6H2,(H,16,17). The Morgan fingerprint density at radius 3 is 2.83 bits per heavy atom. The summed E-state index contributed by atoms with van der Waals surface area (Å²) >= 11 is 11.7. The molecule has 0 aliphatic carbocycles. The number of aliphatic imine (C=N–C) groups is 1. The molecule has 0 unspecified atom stereocenters. The maximum absolute atomic E-state index is 10.6. The maximum Gasteiger partial charge on any atom is 0.412 e. The first kappa shape index (κ1) is 12.7. The van der Waals surface area contributed by atoms with Crippen LogP contribution in [0.1, 0.15) is 0 Å². The van der Waals surface area contributed by atoms with Gasteiger partial charge >= 0.3 is 6.09 Å². The average Bonchev–Trinajstić information content (AvgIpc) is 2.34. The Balaban J connectivity index is 2.10. The molecule has 0 atom stereocenters. The molecule has 1 heterocycles. The van der Waals surface area contributed by atoms with Crippen molar-refractivity contribution in [2.75, 3.05) is 6.67 Å². The molecular weight excluding hydrogens is 279 g/mol. The van der Waals surface area contributed by atoms with Crippen LogP contribution in [-0.4, -0.2) is 28.7 Å². The third kappa shape index (κ3) is 2.94. The van der Waals surface area contributed by atoms with Gasteiger partial charge < -0.3 is 9.84 Å². The van der Waals surface area contributed by atoms with Gasteiger partial charge in [0.25, 0.3) is 0 Å². The van der Waals surface area contributed by atoms with E-state index in [-0.39, 0.29) is 12.6 Å². The summed E-state index contributed by atoms with van der Waals surface area (Å²) in [5.74, 6) is 0.646. The lowest BCUT2D eigenvalue weighted by molar-refractivity contribution is 0.163. The lowest BCUT2D eigenvalue weighted by Gasteiger charge is -2.17. The molecule has 0 aromatic heterocycles. The van der Waals surface area contributed by atoms with Crippen LogP contribution < -0.4 is 4.74 Å². The number of carboxylic acid groups (broad SMARTS) is 1. The molecule has 1 aliphatic heterocycles. The van der Waals surface area contributed by atoms with Crippen molar-refractivity contribution in [3.63, 3.8) is 0 Å². The summed E-state index contributed by atoms with van der Waals surface area (Å²) in [7, 11) is 0. The first-order valence-electron chi connectivity index (χ1n) is 4.91. The highest BCUT2D eigenvalue weighted by Crippen LogP contribution is 2.28. The van der Waals surface area contributed by atoms with Crippen molar-refractivity contribution in [3.05, 3.63) is 40.5 Å². The van der Waals surface area contributed by atoms with Crippen molar-refractivity contribution in [1.82, 2.24) is 4.90 Å². The van der Waals surface area contributed by atoms with E-state index in [0.717, 1.165) is 4.90 Å². The van der Waals surface area contributed by atoms with Crippen molar-refractivity contribution in [1.29, 1.82) is 0 Å². The number of ether oxygens (including phenoxy) is 1. The second kappa shape index (κ2) is 5.29. The molecule has 1 amide bonds. The molecular formula is C11H8Cl2N2O3. The van der Waals surface area contributed by atoms with Crippen LogP contribution in [0.5, 0.6) is 5.75 Å². The van der Waals surface area contributed by atoms with E-state index in [1.807, 2.05) is 0 Å². The first-order valence-corrected chi connectivity index (χ1v) is 5.67. The Bertz CT molecular complexity index is 543. The van der Waals surface area contributed by atoms with Crippen LogP contribution in [-0.2, 0) is 0 Å². The van der Waals surface area contributed by atoms with Gasteiger partial charge in [-0.15, -0.1) is 0 Å². The van der Waals surface area contributed by atoms with Crippen molar-refractivity contribution < 1.29 is 14.6 Å². The van der Waals surface area contributed by atoms with Crippen LogP contribution in [0.25, 0.3) is 0 Å². The van der Waals surface area contributed by atoms with Crippen molar-refractivity contribution in [3.8, 4) is 5.75 Å². The average molecular weight is 287 g/mol. The van der Waals surface area contributed by atoms with E-state index in [4.69, 9.17) is 33.0 Å². The highest BCUT2D eigenvalue weighted by molar-refractivity contribution is 6.34. The normalized spacial score (nSPS) is 14.3. The number of halogens is 2. The third-order valence-corrected chi connectivity index (χ3v) is 2.68. The lowest BCUT2D eigenvalue weighted by atomic mass is 10.3. The summed E-state index contributed by atoms with van der Waals surface area (Å²) < 4.78 is 5.42. The molecule has 0 saturated heterocycles. The monoisotopic (exact) mass is 286 g/mol. The van der Waals surface area contributed by atoms with Gasteiger partial charge in [-0.05, 0) is 12.1 Å². The van der Waals surface area contributed by atoms with Crippen LogP contribution in [0.3, 0.4) is 0 Å². The van der Waals surface area contributed by atoms with Gasteiger partial charge in [-0.1, -0.05) is 23.2 Å². The van der Waals surface area contributed by atoms with Gasteiger partial charge in [0.15, 0.2) is 0 Å². The number of hydrogen-bond donors (Lipinski definition) is 1. The van der Waals surface area contributed by atoms with Gasteiger partial charge in [0.05, 0.1) is 5.02 Å². The Hall–Kier alpha value is -1.72. The highest BCUT2D eigenvalue weighted by Gasteiger charge is 2.13. The molecule has 7 heteroatoms. The molecule has 94 valence electrons. The molecule has 0 bridgehead atoms. The molecule has 18 heavy (non-hydrogen) atoms. The zero-order chi connectivity index (χ0) is 13.1. The molecule has 5 nitrogen and oxygen atoms in total. The number of carbonyl (C=O) groups is 1. The summed E-state index contributed by atoms with van der Waals surface area (Å²) in [6.45, 7) is -0.0145. The minimum atomic E-state index is -1.07. The Morgan fingerprint density at radius 2 is 2.22 bits per heavy atom. The molecule has 1 aromatic rings. The van der Waals surface area contributed by atoms with Crippen molar-refractivity contribution in [2.24, 2.45) is 4.99 Å². The van der Waals surface area contributed by atoms with Crippen LogP contribution >= 0.6 is 23.2 Å². The molecule has 0 saturated carbocycles. The number of nitrogens with zero attached hydrogens (tertiary/aromatic N) is 2. The zero-order valence-corrected chi connectivity index (χ0v) is 10.5. The van der Waals surface area contributed by atoms with Gasteiger partial charge in [-0.25, -0.2) is 9.79 Å². The molecule has 0 spiro atoms. The van der Waals surface area contributed by atoms with E-state index >= 15 is 0 Å². The summed E-state index contributed by atoms with van der Waals surface area (Å²) in [5, 5.41) is 9.61. The third-order valence-electron chi connectivity index (χ3n) is 2.13. The fourth-order valence-corrected chi connectivity index (χ4v) is 1.58. The first-order chi connectivity index (χ1) is 8.56. The van der Waals surface area contributed by atoms with E-state index in [0.29, 0.717) is 15.8 Å². The van der Waals surface area contributed by atoms with Gasteiger partial charge in [-0.2, -0.15) is 0 Å². The predicted octanol–water partition coefficient (Wildman–Crippen LogP) is 3.24. The summed E-state index contributed by atoms with van der Waals surface area (Å²) in [4.78, 5) is 15.6. The highest BCUT2D eigenvalue weighted by atomic mass is 35.5. The number of amides is 1. The Labute approximate surface area is 113 Å². The summed E-state index contributed by atoms with van der Waals surface area (Å²) in [6.07, 6.45) is 1.73. The second-order valence-electron chi connectivity index (χ2n) is 3.38. The number of rotatable bonds is 1. The molecule has 0 fully saturated rings.